The second kappa shape index (κ2) is 6.56. The summed E-state index contributed by atoms with van der Waals surface area (Å²) >= 11 is 8.13. The lowest BCUT2D eigenvalue weighted by molar-refractivity contribution is 0.191. The number of rotatable bonds is 4. The van der Waals surface area contributed by atoms with Crippen molar-refractivity contribution in [3.8, 4) is 0 Å². The van der Waals surface area contributed by atoms with Gasteiger partial charge in [0, 0.05) is 24.7 Å². The monoisotopic (exact) mass is 375 g/mol. The number of nitrogens with two attached hydrogens (primary N) is 1. The number of anilines is 1. The Kier molecular flexibility index (Phi) is 5.19. The Hall–Kier alpha value is -0.760. The van der Waals surface area contributed by atoms with Gasteiger partial charge in [-0.3, -0.25) is 0 Å². The van der Waals surface area contributed by atoms with Crippen LogP contribution in [0, 0.1) is 5.82 Å². The molecule has 2 unspecified atom stereocenters. The summed E-state index contributed by atoms with van der Waals surface area (Å²) in [4.78, 5) is 4.10. The molecule has 2 rings (SSSR count). The number of hydrogen-bond donors (Lipinski definition) is 2. The molecular weight excluding hydrogens is 357 g/mol. The zero-order valence-electron chi connectivity index (χ0n) is 12.0. The van der Waals surface area contributed by atoms with Gasteiger partial charge in [-0.2, -0.15) is 0 Å². The van der Waals surface area contributed by atoms with E-state index in [1.807, 2.05) is 23.9 Å². The number of hydrogen-bond acceptors (Lipinski definition) is 4. The van der Waals surface area contributed by atoms with Crippen molar-refractivity contribution in [2.45, 2.75) is 18.6 Å². The zero-order valence-corrected chi connectivity index (χ0v) is 14.4. The van der Waals surface area contributed by atoms with Gasteiger partial charge in [-0.25, -0.2) is 4.39 Å². The Balaban J connectivity index is 2.36. The van der Waals surface area contributed by atoms with Crippen LogP contribution in [0.25, 0.3) is 0 Å². The van der Waals surface area contributed by atoms with Gasteiger partial charge in [-0.05, 0) is 48.6 Å². The molecule has 3 N–H and O–H groups in total. The molecule has 1 aromatic rings. The van der Waals surface area contributed by atoms with Gasteiger partial charge >= 0.3 is 0 Å². The average Bonchev–Trinajstić information content (AvgIpc) is 2.72. The first-order chi connectivity index (χ1) is 9.81. The molecule has 1 aliphatic rings. The third kappa shape index (κ3) is 3.53. The van der Waals surface area contributed by atoms with Gasteiger partial charge in [0.05, 0.1) is 16.3 Å². The molecule has 116 valence electrons. The normalized spacial score (nSPS) is 22.1. The maximum absolute atomic E-state index is 14.6. The molecular formula is C14H19BrFN3OS. The van der Waals surface area contributed by atoms with Crippen molar-refractivity contribution in [2.75, 3.05) is 32.1 Å². The van der Waals surface area contributed by atoms with E-state index < -0.39 is 11.9 Å². The van der Waals surface area contributed by atoms with Crippen LogP contribution in [0.2, 0.25) is 0 Å². The Bertz CT molecular complexity index is 555. The summed E-state index contributed by atoms with van der Waals surface area (Å²) in [6.45, 7) is 1.18. The van der Waals surface area contributed by atoms with Crippen molar-refractivity contribution in [3.63, 3.8) is 0 Å². The number of halogens is 2. The molecule has 0 aliphatic carbocycles. The van der Waals surface area contributed by atoms with Crippen LogP contribution < -0.4 is 10.6 Å². The predicted octanol–water partition coefficient (Wildman–Crippen LogP) is 1.72. The van der Waals surface area contributed by atoms with E-state index in [1.54, 1.807) is 12.1 Å². The van der Waals surface area contributed by atoms with Crippen LogP contribution in [0.1, 0.15) is 12.0 Å². The maximum Gasteiger partial charge on any atom is 0.161 e. The molecule has 4 nitrogen and oxygen atoms in total. The lowest BCUT2D eigenvalue weighted by atomic mass is 10.1. The number of aliphatic hydroxyl groups is 1. The Morgan fingerprint density at radius 1 is 1.57 bits per heavy atom. The van der Waals surface area contributed by atoms with E-state index >= 15 is 0 Å². The molecule has 0 spiro atoms. The molecule has 1 saturated heterocycles. The van der Waals surface area contributed by atoms with E-state index in [0.29, 0.717) is 24.2 Å². The predicted molar refractivity (Wildman–Crippen MR) is 90.3 cm³/mol. The molecule has 1 heterocycles. The molecule has 7 heteroatoms. The van der Waals surface area contributed by atoms with E-state index in [-0.39, 0.29) is 15.5 Å². The molecule has 0 saturated carbocycles. The van der Waals surface area contributed by atoms with Crippen LogP contribution in [0.15, 0.2) is 16.6 Å². The number of nitrogens with zero attached hydrogens (tertiary/aromatic N) is 2. The van der Waals surface area contributed by atoms with Gasteiger partial charge in [0.15, 0.2) is 5.82 Å². The van der Waals surface area contributed by atoms with Crippen molar-refractivity contribution in [1.29, 1.82) is 0 Å². The highest BCUT2D eigenvalue weighted by Gasteiger charge is 2.33. The van der Waals surface area contributed by atoms with Crippen molar-refractivity contribution in [3.05, 3.63) is 28.0 Å². The fourth-order valence-electron chi connectivity index (χ4n) is 2.73. The molecule has 0 radical (unpaired) electrons. The summed E-state index contributed by atoms with van der Waals surface area (Å²) < 4.78 is 14.9. The number of benzene rings is 1. The molecule has 1 aliphatic heterocycles. The SMILES string of the molecule is CN(C)CC1CC(O)CN1c1ccc(C(N)=S)c(Br)c1F. The van der Waals surface area contributed by atoms with E-state index in [9.17, 15) is 9.50 Å². The van der Waals surface area contributed by atoms with Crippen LogP contribution in [0.5, 0.6) is 0 Å². The van der Waals surface area contributed by atoms with E-state index in [2.05, 4.69) is 15.9 Å². The topological polar surface area (TPSA) is 52.7 Å². The smallest absolute Gasteiger partial charge is 0.161 e. The minimum absolute atomic E-state index is 0.0760. The Labute approximate surface area is 137 Å². The first-order valence-corrected chi connectivity index (χ1v) is 7.88. The standard InChI is InChI=1S/C14H19BrFN3OS/c1-18(2)6-8-5-9(20)7-19(8)11-4-3-10(14(17)21)12(15)13(11)16/h3-4,8-9,20H,5-7H2,1-2H3,(H2,17,21). The summed E-state index contributed by atoms with van der Waals surface area (Å²) in [6.07, 6.45) is 0.190. The molecule has 0 aromatic heterocycles. The highest BCUT2D eigenvalue weighted by molar-refractivity contribution is 9.10. The Morgan fingerprint density at radius 2 is 2.24 bits per heavy atom. The lowest BCUT2D eigenvalue weighted by Gasteiger charge is -2.29. The highest BCUT2D eigenvalue weighted by atomic mass is 79.9. The third-order valence-electron chi connectivity index (χ3n) is 3.61. The molecule has 1 aromatic carbocycles. The van der Waals surface area contributed by atoms with Crippen LogP contribution in [-0.2, 0) is 0 Å². The molecule has 0 bridgehead atoms. The quantitative estimate of drug-likeness (QED) is 0.784. The van der Waals surface area contributed by atoms with Gasteiger partial charge in [-0.15, -0.1) is 0 Å². The van der Waals surface area contributed by atoms with Crippen molar-refractivity contribution >= 4 is 38.8 Å². The fraction of sp³-hybridized carbons (Fsp3) is 0.500. The number of likely N-dealkylation sites (N-methyl/N-ethyl adjacent to an activating group) is 1. The average molecular weight is 376 g/mol. The largest absolute Gasteiger partial charge is 0.391 e. The zero-order chi connectivity index (χ0) is 15.7. The minimum atomic E-state index is -0.441. The van der Waals surface area contributed by atoms with E-state index in [0.717, 1.165) is 6.54 Å². The third-order valence-corrected chi connectivity index (χ3v) is 4.60. The van der Waals surface area contributed by atoms with Gasteiger partial charge in [0.25, 0.3) is 0 Å². The second-order valence-corrected chi connectivity index (χ2v) is 6.82. The van der Waals surface area contributed by atoms with Gasteiger partial charge in [-0.1, -0.05) is 12.2 Å². The molecule has 2 atom stereocenters. The summed E-state index contributed by atoms with van der Waals surface area (Å²) in [5.74, 6) is -0.391. The van der Waals surface area contributed by atoms with Crippen LogP contribution >= 0.6 is 28.1 Å². The van der Waals surface area contributed by atoms with Crippen LogP contribution in [0.4, 0.5) is 10.1 Å². The van der Waals surface area contributed by atoms with Crippen LogP contribution in [-0.4, -0.2) is 54.3 Å². The first-order valence-electron chi connectivity index (χ1n) is 6.68. The first kappa shape index (κ1) is 16.6. The summed E-state index contributed by atoms with van der Waals surface area (Å²) in [6, 6.07) is 3.46. The lowest BCUT2D eigenvalue weighted by Crippen LogP contribution is -2.38. The number of β-amino-alcohol motifs (C(OH)–C–C–N with tert-alkyl or cyclic N) is 1. The van der Waals surface area contributed by atoms with Gasteiger partial charge in [0.2, 0.25) is 0 Å². The molecule has 1 fully saturated rings. The maximum atomic E-state index is 14.6. The highest BCUT2D eigenvalue weighted by Crippen LogP contribution is 2.33. The molecule has 21 heavy (non-hydrogen) atoms. The number of aliphatic hydroxyl groups excluding tert-OH is 1. The van der Waals surface area contributed by atoms with Crippen molar-refractivity contribution in [1.82, 2.24) is 4.90 Å². The number of thiocarbonyl (C=S) groups is 1. The second-order valence-electron chi connectivity index (χ2n) is 5.58. The van der Waals surface area contributed by atoms with E-state index in [4.69, 9.17) is 18.0 Å². The summed E-state index contributed by atoms with van der Waals surface area (Å²) in [7, 11) is 3.93. The Morgan fingerprint density at radius 3 is 2.81 bits per heavy atom. The van der Waals surface area contributed by atoms with Crippen molar-refractivity contribution < 1.29 is 9.50 Å². The van der Waals surface area contributed by atoms with Crippen molar-refractivity contribution in [2.24, 2.45) is 5.73 Å². The summed E-state index contributed by atoms with van der Waals surface area (Å²) in [5, 5.41) is 9.91. The fourth-order valence-corrected chi connectivity index (χ4v) is 3.58. The van der Waals surface area contributed by atoms with Crippen LogP contribution in [0.3, 0.4) is 0 Å². The minimum Gasteiger partial charge on any atom is -0.391 e. The van der Waals surface area contributed by atoms with E-state index in [1.165, 1.54) is 0 Å². The summed E-state index contributed by atoms with van der Waals surface area (Å²) in [5.41, 5.74) is 6.52. The van der Waals surface area contributed by atoms with Gasteiger partial charge < -0.3 is 20.6 Å². The molecule has 0 amide bonds. The van der Waals surface area contributed by atoms with Gasteiger partial charge in [0.1, 0.15) is 4.99 Å².